The highest BCUT2D eigenvalue weighted by Gasteiger charge is 2.53. The second kappa shape index (κ2) is 5.58. The zero-order valence-corrected chi connectivity index (χ0v) is 14.9. The summed E-state index contributed by atoms with van der Waals surface area (Å²) in [5.74, 6) is 9.13. The van der Waals surface area contributed by atoms with Crippen molar-refractivity contribution in [3.63, 3.8) is 0 Å². The van der Waals surface area contributed by atoms with E-state index in [1.54, 1.807) is 25.7 Å². The summed E-state index contributed by atoms with van der Waals surface area (Å²) in [6.45, 7) is 1.12. The molecular weight excluding hydrogens is 294 g/mol. The predicted molar refractivity (Wildman–Crippen MR) is 95.0 cm³/mol. The smallest absolute Gasteiger partial charge is 0.0834 e. The number of rotatable bonds is 0. The maximum atomic E-state index is 5.82. The fourth-order valence-corrected chi connectivity index (χ4v) is 8.53. The molecule has 10 unspecified atom stereocenters. The van der Waals surface area contributed by atoms with E-state index in [1.807, 2.05) is 0 Å². The fraction of sp³-hybridized carbons (Fsp3) is 0.909. The van der Waals surface area contributed by atoms with Gasteiger partial charge in [0.25, 0.3) is 0 Å². The zero-order valence-electron chi connectivity index (χ0n) is 14.9. The molecule has 2 heteroatoms. The van der Waals surface area contributed by atoms with E-state index in [2.05, 4.69) is 17.6 Å². The number of nitrogens with one attached hydrogen (secondary N) is 1. The molecule has 2 nitrogen and oxygen atoms in total. The molecule has 0 radical (unpaired) electrons. The maximum absolute atomic E-state index is 5.82. The Balaban J connectivity index is 1.24. The molecule has 10 atom stereocenters. The Morgan fingerprint density at radius 2 is 1.46 bits per heavy atom. The summed E-state index contributed by atoms with van der Waals surface area (Å²) in [7, 11) is 0. The van der Waals surface area contributed by atoms with Crippen LogP contribution < -0.4 is 5.48 Å². The van der Waals surface area contributed by atoms with E-state index in [1.165, 1.54) is 32.1 Å². The van der Waals surface area contributed by atoms with Gasteiger partial charge in [-0.15, -0.1) is 0 Å². The second-order valence-electron chi connectivity index (χ2n) is 10.0. The van der Waals surface area contributed by atoms with E-state index in [-0.39, 0.29) is 0 Å². The van der Waals surface area contributed by atoms with E-state index in [9.17, 15) is 0 Å². The molecule has 1 saturated heterocycles. The standard InChI is InChI=1S/C22H33NO/c1-2-13-4-6-18-17(16(13)3-1)8-9-20-19(18)7-5-14-11-22-15(10-21(14)20)12-23-24-22/h1-2,13-23H,3-12H2. The van der Waals surface area contributed by atoms with Crippen LogP contribution >= 0.6 is 0 Å². The van der Waals surface area contributed by atoms with Gasteiger partial charge in [-0.05, 0) is 105 Å². The Hall–Kier alpha value is -0.340. The molecule has 1 N–H and O–H groups in total. The van der Waals surface area contributed by atoms with Crippen LogP contribution in [-0.2, 0) is 4.84 Å². The predicted octanol–water partition coefficient (Wildman–Crippen LogP) is 4.57. The van der Waals surface area contributed by atoms with Crippen LogP contribution in [0, 0.1) is 53.3 Å². The summed E-state index contributed by atoms with van der Waals surface area (Å²) in [6, 6.07) is 0. The van der Waals surface area contributed by atoms with E-state index in [0.717, 1.165) is 59.8 Å². The third-order valence-corrected chi connectivity index (χ3v) is 9.45. The van der Waals surface area contributed by atoms with Crippen molar-refractivity contribution >= 4 is 0 Å². The van der Waals surface area contributed by atoms with Gasteiger partial charge in [-0.2, -0.15) is 0 Å². The van der Waals surface area contributed by atoms with Crippen molar-refractivity contribution < 1.29 is 4.84 Å². The first-order valence-electron chi connectivity index (χ1n) is 10.9. The molecule has 0 aromatic heterocycles. The van der Waals surface area contributed by atoms with Gasteiger partial charge in [0.05, 0.1) is 6.10 Å². The van der Waals surface area contributed by atoms with Crippen LogP contribution in [0.1, 0.15) is 57.8 Å². The SMILES string of the molecule is C1=CC2CCC3C(CCC4C5CC6CNOC6CC5CCC43)C2C1. The Kier molecular flexibility index (Phi) is 3.44. The van der Waals surface area contributed by atoms with Crippen molar-refractivity contribution in [3.8, 4) is 0 Å². The molecule has 1 aliphatic heterocycles. The lowest BCUT2D eigenvalue weighted by Crippen LogP contribution is -2.50. The van der Waals surface area contributed by atoms with Gasteiger partial charge >= 0.3 is 0 Å². The molecule has 4 saturated carbocycles. The number of hydroxylamine groups is 1. The van der Waals surface area contributed by atoms with Gasteiger partial charge in [-0.25, -0.2) is 5.48 Å². The average molecular weight is 328 g/mol. The van der Waals surface area contributed by atoms with Crippen molar-refractivity contribution in [2.24, 2.45) is 53.3 Å². The number of fused-ring (bicyclic) bond motifs is 8. The molecular formula is C22H33NO. The summed E-state index contributed by atoms with van der Waals surface area (Å²) in [6.07, 6.45) is 19.1. The fourth-order valence-electron chi connectivity index (χ4n) is 8.53. The number of allylic oxidation sites excluding steroid dienone is 2. The monoisotopic (exact) mass is 327 g/mol. The van der Waals surface area contributed by atoms with Crippen molar-refractivity contribution in [1.29, 1.82) is 0 Å². The molecule has 5 aliphatic carbocycles. The van der Waals surface area contributed by atoms with E-state index in [0.29, 0.717) is 6.10 Å². The summed E-state index contributed by atoms with van der Waals surface area (Å²) < 4.78 is 0. The Labute approximate surface area is 146 Å². The quantitative estimate of drug-likeness (QED) is 0.658. The minimum absolute atomic E-state index is 0.541. The Morgan fingerprint density at radius 1 is 0.708 bits per heavy atom. The lowest BCUT2D eigenvalue weighted by molar-refractivity contribution is -0.0928. The van der Waals surface area contributed by atoms with E-state index in [4.69, 9.17) is 4.84 Å². The third-order valence-electron chi connectivity index (χ3n) is 9.45. The first-order chi connectivity index (χ1) is 11.9. The highest BCUT2D eigenvalue weighted by atomic mass is 16.7. The first-order valence-corrected chi connectivity index (χ1v) is 10.9. The summed E-state index contributed by atoms with van der Waals surface area (Å²) in [4.78, 5) is 5.82. The van der Waals surface area contributed by atoms with Crippen molar-refractivity contribution in [1.82, 2.24) is 5.48 Å². The Bertz CT molecular complexity index is 528. The average Bonchev–Trinajstić information content (AvgIpc) is 3.27. The molecule has 0 aromatic rings. The van der Waals surface area contributed by atoms with Gasteiger partial charge in [-0.3, -0.25) is 4.84 Å². The topological polar surface area (TPSA) is 21.3 Å². The Morgan fingerprint density at radius 3 is 2.38 bits per heavy atom. The van der Waals surface area contributed by atoms with Gasteiger partial charge in [0.2, 0.25) is 0 Å². The largest absolute Gasteiger partial charge is 0.298 e. The van der Waals surface area contributed by atoms with Crippen LogP contribution in [0.15, 0.2) is 12.2 Å². The first kappa shape index (κ1) is 14.8. The van der Waals surface area contributed by atoms with Gasteiger partial charge in [0, 0.05) is 12.5 Å². The molecule has 0 spiro atoms. The zero-order chi connectivity index (χ0) is 15.7. The van der Waals surface area contributed by atoms with Gasteiger partial charge in [0.15, 0.2) is 0 Å². The van der Waals surface area contributed by atoms with E-state index >= 15 is 0 Å². The lowest BCUT2D eigenvalue weighted by atomic mass is 9.48. The summed E-state index contributed by atoms with van der Waals surface area (Å²) in [5.41, 5.74) is 3.21. The molecule has 6 aliphatic rings. The molecule has 0 aromatic carbocycles. The number of hydrogen-bond donors (Lipinski definition) is 1. The summed E-state index contributed by atoms with van der Waals surface area (Å²) in [5, 5.41) is 0. The van der Waals surface area contributed by atoms with Crippen LogP contribution in [0.3, 0.4) is 0 Å². The highest BCUT2D eigenvalue weighted by molar-refractivity contribution is 5.09. The molecule has 0 amide bonds. The lowest BCUT2D eigenvalue weighted by Gasteiger charge is -2.57. The van der Waals surface area contributed by atoms with Crippen LogP contribution in [0.5, 0.6) is 0 Å². The van der Waals surface area contributed by atoms with Gasteiger partial charge < -0.3 is 0 Å². The minimum atomic E-state index is 0.541. The van der Waals surface area contributed by atoms with Crippen LogP contribution in [0.4, 0.5) is 0 Å². The van der Waals surface area contributed by atoms with Gasteiger partial charge in [0.1, 0.15) is 0 Å². The molecule has 24 heavy (non-hydrogen) atoms. The maximum Gasteiger partial charge on any atom is 0.0834 e. The number of hydrogen-bond acceptors (Lipinski definition) is 2. The molecule has 6 rings (SSSR count). The normalized spacial score (nSPS) is 58.3. The highest BCUT2D eigenvalue weighted by Crippen LogP contribution is 2.60. The third kappa shape index (κ3) is 2.08. The molecule has 0 bridgehead atoms. The van der Waals surface area contributed by atoms with E-state index < -0.39 is 0 Å². The van der Waals surface area contributed by atoms with Crippen molar-refractivity contribution in [2.45, 2.75) is 63.9 Å². The van der Waals surface area contributed by atoms with Crippen LogP contribution in [-0.4, -0.2) is 12.6 Å². The van der Waals surface area contributed by atoms with Gasteiger partial charge in [-0.1, -0.05) is 12.2 Å². The van der Waals surface area contributed by atoms with Crippen molar-refractivity contribution in [2.75, 3.05) is 6.54 Å². The van der Waals surface area contributed by atoms with Crippen molar-refractivity contribution in [3.05, 3.63) is 12.2 Å². The van der Waals surface area contributed by atoms with Crippen LogP contribution in [0.25, 0.3) is 0 Å². The second-order valence-corrected chi connectivity index (χ2v) is 10.0. The minimum Gasteiger partial charge on any atom is -0.298 e. The molecule has 1 heterocycles. The summed E-state index contributed by atoms with van der Waals surface area (Å²) >= 11 is 0. The molecule has 132 valence electrons. The molecule has 5 fully saturated rings. The van der Waals surface area contributed by atoms with Crippen LogP contribution in [0.2, 0.25) is 0 Å².